The van der Waals surface area contributed by atoms with Gasteiger partial charge < -0.3 is 10.5 Å². The van der Waals surface area contributed by atoms with E-state index in [1.807, 2.05) is 6.92 Å². The Balaban J connectivity index is 1.68. The molecule has 0 saturated carbocycles. The normalized spacial score (nSPS) is 11.1. The van der Waals surface area contributed by atoms with Gasteiger partial charge in [0, 0.05) is 11.1 Å². The molecule has 0 fully saturated rings. The molecule has 4 aromatic rings. The fourth-order valence-electron chi connectivity index (χ4n) is 2.88. The van der Waals surface area contributed by atoms with Crippen molar-refractivity contribution in [3.63, 3.8) is 0 Å². The lowest BCUT2D eigenvalue weighted by Gasteiger charge is -2.07. The number of ether oxygens (including phenoxy) is 1. The van der Waals surface area contributed by atoms with E-state index in [4.69, 9.17) is 10.5 Å². The molecule has 2 heterocycles. The third-order valence-corrected chi connectivity index (χ3v) is 4.35. The van der Waals surface area contributed by atoms with Crippen molar-refractivity contribution in [2.75, 3.05) is 12.3 Å². The van der Waals surface area contributed by atoms with Gasteiger partial charge in [0.1, 0.15) is 23.1 Å². The number of nitrogen functional groups attached to an aromatic ring is 1. The van der Waals surface area contributed by atoms with E-state index in [1.165, 1.54) is 4.68 Å². The molecule has 0 aliphatic heterocycles. The van der Waals surface area contributed by atoms with Crippen molar-refractivity contribution in [2.45, 2.75) is 6.92 Å². The van der Waals surface area contributed by atoms with Crippen LogP contribution in [-0.4, -0.2) is 44.0 Å². The first kappa shape index (κ1) is 21.5. The molecule has 11 nitrogen and oxygen atoms in total. The van der Waals surface area contributed by atoms with Crippen LogP contribution in [0.3, 0.4) is 0 Å². The molecular formula is C20H16F2N8O3. The monoisotopic (exact) mass is 454 g/mol. The molecule has 2 aromatic heterocycles. The first-order chi connectivity index (χ1) is 16.0. The number of nitrogens with one attached hydrogen (secondary N) is 1. The predicted octanol–water partition coefficient (Wildman–Crippen LogP) is 2.34. The van der Waals surface area contributed by atoms with Crippen molar-refractivity contribution in [1.82, 2.24) is 30.7 Å². The number of halogens is 2. The van der Waals surface area contributed by atoms with E-state index in [-0.39, 0.29) is 28.6 Å². The Labute approximate surface area is 184 Å². The van der Waals surface area contributed by atoms with Gasteiger partial charge in [-0.15, -0.1) is 5.10 Å². The Morgan fingerprint density at radius 2 is 2.03 bits per heavy atom. The highest BCUT2D eigenvalue weighted by Crippen LogP contribution is 2.28. The number of carbonyl (C=O) groups excluding carboxylic acids is 1. The standard InChI is InChI=1S/C20H16F2N8O3/c1-2-32-14-6-3-11(4-7-14)17-16(25-29-30(17)19-18(23)27-33-28-19)20(31)26-24-10-12-9-13(21)5-8-15(12)22/h3-10H,2H2,1H3,(H2,23,27)(H,26,31)/b24-10+. The molecule has 1 amide bonds. The lowest BCUT2D eigenvalue weighted by Crippen LogP contribution is -2.19. The van der Waals surface area contributed by atoms with Crippen LogP contribution in [0.4, 0.5) is 14.6 Å². The fraction of sp³-hybridized carbons (Fsp3) is 0.100. The fourth-order valence-corrected chi connectivity index (χ4v) is 2.88. The van der Waals surface area contributed by atoms with Crippen LogP contribution >= 0.6 is 0 Å². The van der Waals surface area contributed by atoms with Crippen molar-refractivity contribution in [3.05, 3.63) is 65.4 Å². The Hall–Kier alpha value is -4.68. The van der Waals surface area contributed by atoms with Crippen molar-refractivity contribution in [1.29, 1.82) is 0 Å². The quantitative estimate of drug-likeness (QED) is 0.320. The molecule has 168 valence electrons. The highest BCUT2D eigenvalue weighted by Gasteiger charge is 2.25. The maximum atomic E-state index is 13.7. The second-order valence-corrected chi connectivity index (χ2v) is 6.49. The third-order valence-electron chi connectivity index (χ3n) is 4.35. The molecular weight excluding hydrogens is 438 g/mol. The zero-order chi connectivity index (χ0) is 23.4. The first-order valence-corrected chi connectivity index (χ1v) is 9.53. The van der Waals surface area contributed by atoms with E-state index in [0.29, 0.717) is 17.9 Å². The molecule has 0 radical (unpaired) electrons. The lowest BCUT2D eigenvalue weighted by atomic mass is 10.1. The van der Waals surface area contributed by atoms with E-state index in [0.717, 1.165) is 24.4 Å². The zero-order valence-electron chi connectivity index (χ0n) is 17.1. The van der Waals surface area contributed by atoms with E-state index in [9.17, 15) is 13.6 Å². The maximum absolute atomic E-state index is 13.7. The third kappa shape index (κ3) is 4.51. The smallest absolute Gasteiger partial charge is 0.294 e. The van der Waals surface area contributed by atoms with Gasteiger partial charge in [0.2, 0.25) is 11.6 Å². The minimum Gasteiger partial charge on any atom is -0.494 e. The van der Waals surface area contributed by atoms with Gasteiger partial charge in [-0.2, -0.15) is 9.78 Å². The summed E-state index contributed by atoms with van der Waals surface area (Å²) in [5, 5.41) is 18.7. The van der Waals surface area contributed by atoms with Gasteiger partial charge in [-0.3, -0.25) is 4.79 Å². The van der Waals surface area contributed by atoms with Crippen LogP contribution in [0.1, 0.15) is 23.0 Å². The number of hydrazone groups is 1. The number of hydrogen-bond donors (Lipinski definition) is 2. The molecule has 33 heavy (non-hydrogen) atoms. The van der Waals surface area contributed by atoms with Crippen molar-refractivity contribution >= 4 is 17.9 Å². The number of amides is 1. The molecule has 0 atom stereocenters. The van der Waals surface area contributed by atoms with Gasteiger partial charge in [-0.25, -0.2) is 18.8 Å². The van der Waals surface area contributed by atoms with E-state index in [2.05, 4.69) is 35.8 Å². The summed E-state index contributed by atoms with van der Waals surface area (Å²) in [6.45, 7) is 2.34. The summed E-state index contributed by atoms with van der Waals surface area (Å²) in [5.41, 5.74) is 8.44. The van der Waals surface area contributed by atoms with E-state index < -0.39 is 17.5 Å². The summed E-state index contributed by atoms with van der Waals surface area (Å²) in [5.74, 6) is -1.55. The Morgan fingerprint density at radius 1 is 1.24 bits per heavy atom. The highest BCUT2D eigenvalue weighted by molar-refractivity contribution is 5.98. The summed E-state index contributed by atoms with van der Waals surface area (Å²) < 4.78 is 38.3. The second-order valence-electron chi connectivity index (χ2n) is 6.49. The molecule has 2 aromatic carbocycles. The van der Waals surface area contributed by atoms with Gasteiger partial charge in [-0.05, 0) is 59.7 Å². The summed E-state index contributed by atoms with van der Waals surface area (Å²) >= 11 is 0. The van der Waals surface area contributed by atoms with Crippen LogP contribution in [0.2, 0.25) is 0 Å². The minimum atomic E-state index is -0.770. The van der Waals surface area contributed by atoms with Crippen molar-refractivity contribution in [3.8, 4) is 22.8 Å². The molecule has 0 spiro atoms. The Morgan fingerprint density at radius 3 is 2.73 bits per heavy atom. The van der Waals surface area contributed by atoms with Crippen LogP contribution < -0.4 is 15.9 Å². The van der Waals surface area contributed by atoms with Crippen molar-refractivity contribution < 1.29 is 22.9 Å². The number of rotatable bonds is 7. The summed E-state index contributed by atoms with van der Waals surface area (Å²) in [4.78, 5) is 12.8. The number of nitrogens with two attached hydrogens (primary N) is 1. The molecule has 0 bridgehead atoms. The molecule has 4 rings (SSSR count). The van der Waals surface area contributed by atoms with E-state index in [1.54, 1.807) is 24.3 Å². The highest BCUT2D eigenvalue weighted by atomic mass is 19.1. The lowest BCUT2D eigenvalue weighted by molar-refractivity contribution is 0.0950. The molecule has 0 aliphatic rings. The number of carbonyl (C=O) groups is 1. The van der Waals surface area contributed by atoms with Crippen LogP contribution in [-0.2, 0) is 0 Å². The molecule has 0 saturated heterocycles. The number of aromatic nitrogens is 5. The molecule has 0 aliphatic carbocycles. The summed E-state index contributed by atoms with van der Waals surface area (Å²) in [6.07, 6.45) is 0.969. The minimum absolute atomic E-state index is 0.0239. The van der Waals surface area contributed by atoms with Crippen LogP contribution in [0.25, 0.3) is 17.1 Å². The van der Waals surface area contributed by atoms with Crippen LogP contribution in [0, 0.1) is 11.6 Å². The number of benzene rings is 2. The SMILES string of the molecule is CCOc1ccc(-c2c(C(=O)N/N=C/c3cc(F)ccc3F)nnn2-c2nonc2N)cc1. The molecule has 13 heteroatoms. The maximum Gasteiger partial charge on any atom is 0.294 e. The van der Waals surface area contributed by atoms with E-state index >= 15 is 0 Å². The van der Waals surface area contributed by atoms with Gasteiger partial charge in [0.15, 0.2) is 5.69 Å². The molecule has 0 unspecified atom stereocenters. The van der Waals surface area contributed by atoms with Gasteiger partial charge in [0.05, 0.1) is 12.8 Å². The number of anilines is 1. The Kier molecular flexibility index (Phi) is 6.02. The number of nitrogens with zero attached hydrogens (tertiary/aromatic N) is 6. The van der Waals surface area contributed by atoms with Crippen LogP contribution in [0.5, 0.6) is 5.75 Å². The summed E-state index contributed by atoms with van der Waals surface area (Å²) in [6, 6.07) is 9.63. The van der Waals surface area contributed by atoms with Crippen molar-refractivity contribution in [2.24, 2.45) is 5.10 Å². The average molecular weight is 454 g/mol. The topological polar surface area (TPSA) is 146 Å². The number of hydrogen-bond acceptors (Lipinski definition) is 9. The predicted molar refractivity (Wildman–Crippen MR) is 112 cm³/mol. The Bertz CT molecular complexity index is 1320. The van der Waals surface area contributed by atoms with Gasteiger partial charge >= 0.3 is 0 Å². The zero-order valence-corrected chi connectivity index (χ0v) is 17.1. The van der Waals surface area contributed by atoms with Gasteiger partial charge in [-0.1, -0.05) is 5.21 Å². The van der Waals surface area contributed by atoms with Crippen LogP contribution in [0.15, 0.2) is 52.2 Å². The average Bonchev–Trinajstić information content (AvgIpc) is 3.43. The molecule has 3 N–H and O–H groups in total. The second kappa shape index (κ2) is 9.21. The summed E-state index contributed by atoms with van der Waals surface area (Å²) in [7, 11) is 0. The first-order valence-electron chi connectivity index (χ1n) is 9.53. The van der Waals surface area contributed by atoms with Gasteiger partial charge in [0.25, 0.3) is 5.91 Å². The largest absolute Gasteiger partial charge is 0.494 e.